The van der Waals surface area contributed by atoms with Crippen molar-refractivity contribution in [2.75, 3.05) is 26.2 Å². The molecule has 2 fully saturated rings. The van der Waals surface area contributed by atoms with E-state index in [1.165, 1.54) is 19.3 Å². The molecule has 0 aromatic carbocycles. The normalized spacial score (nSPS) is 31.2. The largest absolute Gasteiger partial charge is 0.353 e. The van der Waals surface area contributed by atoms with Crippen molar-refractivity contribution in [3.63, 3.8) is 0 Å². The van der Waals surface area contributed by atoms with E-state index in [9.17, 15) is 4.79 Å². The molecule has 0 saturated carbocycles. The number of carbonyl (C=O) groups is 1. The lowest BCUT2D eigenvalue weighted by Gasteiger charge is -2.24. The van der Waals surface area contributed by atoms with Gasteiger partial charge in [-0.15, -0.1) is 0 Å². The summed E-state index contributed by atoms with van der Waals surface area (Å²) in [4.78, 5) is 14.5. The quantitative estimate of drug-likeness (QED) is 0.697. The third kappa shape index (κ3) is 3.95. The first-order valence-corrected chi connectivity index (χ1v) is 8.36. The van der Waals surface area contributed by atoms with Gasteiger partial charge in [-0.2, -0.15) is 0 Å². The lowest BCUT2D eigenvalue weighted by molar-refractivity contribution is -0.123. The Labute approximate surface area is 123 Å². The van der Waals surface area contributed by atoms with E-state index in [1.54, 1.807) is 0 Å². The average molecular weight is 281 g/mol. The van der Waals surface area contributed by atoms with Gasteiger partial charge in [0.2, 0.25) is 5.91 Å². The van der Waals surface area contributed by atoms with Crippen molar-refractivity contribution in [1.82, 2.24) is 15.5 Å². The zero-order chi connectivity index (χ0) is 14.5. The SMILES string of the molecule is CCCCCC(C)NC(=O)CN1CC2CNCC2C1C. The molecular weight excluding hydrogens is 250 g/mol. The minimum atomic E-state index is 0.203. The van der Waals surface area contributed by atoms with E-state index in [4.69, 9.17) is 0 Å². The average Bonchev–Trinajstić information content (AvgIpc) is 2.94. The molecule has 0 bridgehead atoms. The number of amides is 1. The van der Waals surface area contributed by atoms with Gasteiger partial charge in [-0.1, -0.05) is 26.2 Å². The van der Waals surface area contributed by atoms with Gasteiger partial charge < -0.3 is 10.6 Å². The number of hydrogen-bond acceptors (Lipinski definition) is 3. The molecule has 2 aliphatic heterocycles. The van der Waals surface area contributed by atoms with E-state index in [0.717, 1.165) is 37.9 Å². The molecule has 2 heterocycles. The summed E-state index contributed by atoms with van der Waals surface area (Å²) >= 11 is 0. The Bertz CT molecular complexity index is 321. The number of rotatable bonds is 7. The van der Waals surface area contributed by atoms with Crippen LogP contribution in [0.15, 0.2) is 0 Å². The minimum Gasteiger partial charge on any atom is -0.353 e. The summed E-state index contributed by atoms with van der Waals surface area (Å²) in [5.74, 6) is 1.69. The molecule has 2 N–H and O–H groups in total. The monoisotopic (exact) mass is 281 g/mol. The molecule has 0 radical (unpaired) electrons. The lowest BCUT2D eigenvalue weighted by atomic mass is 9.95. The second-order valence-corrected chi connectivity index (χ2v) is 6.72. The first-order valence-electron chi connectivity index (χ1n) is 8.36. The second kappa shape index (κ2) is 7.41. The van der Waals surface area contributed by atoms with Crippen LogP contribution in [-0.2, 0) is 4.79 Å². The zero-order valence-electron chi connectivity index (χ0n) is 13.3. The van der Waals surface area contributed by atoms with Gasteiger partial charge in [-0.05, 0) is 45.2 Å². The Hall–Kier alpha value is -0.610. The van der Waals surface area contributed by atoms with Gasteiger partial charge >= 0.3 is 0 Å². The van der Waals surface area contributed by atoms with Crippen molar-refractivity contribution < 1.29 is 4.79 Å². The Morgan fingerprint density at radius 3 is 2.90 bits per heavy atom. The highest BCUT2D eigenvalue weighted by molar-refractivity contribution is 5.78. The standard InChI is InChI=1S/C16H31N3O/c1-4-5-6-7-12(2)18-16(20)11-19-10-14-8-17-9-15(14)13(19)3/h12-15,17H,4-11H2,1-3H3,(H,18,20). The molecule has 4 unspecified atom stereocenters. The third-order valence-corrected chi connectivity index (χ3v) is 5.05. The Morgan fingerprint density at radius 1 is 1.40 bits per heavy atom. The molecule has 4 heteroatoms. The van der Waals surface area contributed by atoms with Gasteiger partial charge in [-0.3, -0.25) is 9.69 Å². The van der Waals surface area contributed by atoms with E-state index in [1.807, 2.05) is 0 Å². The van der Waals surface area contributed by atoms with Crippen LogP contribution in [0.1, 0.15) is 46.5 Å². The molecule has 2 aliphatic rings. The fraction of sp³-hybridized carbons (Fsp3) is 0.938. The topological polar surface area (TPSA) is 44.4 Å². The summed E-state index contributed by atoms with van der Waals surface area (Å²) in [7, 11) is 0. The number of nitrogens with one attached hydrogen (secondary N) is 2. The minimum absolute atomic E-state index is 0.203. The molecule has 0 aromatic rings. The van der Waals surface area contributed by atoms with Gasteiger partial charge in [-0.25, -0.2) is 0 Å². The number of likely N-dealkylation sites (tertiary alicyclic amines) is 1. The summed E-state index contributed by atoms with van der Waals surface area (Å²) in [5.41, 5.74) is 0. The first-order chi connectivity index (χ1) is 9.61. The van der Waals surface area contributed by atoms with Crippen LogP contribution in [0.5, 0.6) is 0 Å². The van der Waals surface area contributed by atoms with Crippen LogP contribution in [0.3, 0.4) is 0 Å². The molecule has 116 valence electrons. The number of hydrogen-bond donors (Lipinski definition) is 2. The molecule has 0 spiro atoms. The number of nitrogens with zero attached hydrogens (tertiary/aromatic N) is 1. The van der Waals surface area contributed by atoms with Gasteiger partial charge in [0.25, 0.3) is 0 Å². The molecule has 2 rings (SSSR count). The van der Waals surface area contributed by atoms with Gasteiger partial charge in [0, 0.05) is 18.6 Å². The number of carbonyl (C=O) groups excluding carboxylic acids is 1. The van der Waals surface area contributed by atoms with Crippen molar-refractivity contribution >= 4 is 5.91 Å². The maximum Gasteiger partial charge on any atom is 0.234 e. The maximum absolute atomic E-state index is 12.1. The molecule has 0 aromatic heterocycles. The second-order valence-electron chi connectivity index (χ2n) is 6.72. The van der Waals surface area contributed by atoms with E-state index >= 15 is 0 Å². The summed E-state index contributed by atoms with van der Waals surface area (Å²) in [6, 6.07) is 0.851. The smallest absolute Gasteiger partial charge is 0.234 e. The summed E-state index contributed by atoms with van der Waals surface area (Å²) in [6.07, 6.45) is 4.82. The summed E-state index contributed by atoms with van der Waals surface area (Å²) in [6.45, 7) is 10.5. The van der Waals surface area contributed by atoms with Crippen molar-refractivity contribution in [3.8, 4) is 0 Å². The van der Waals surface area contributed by atoms with E-state index < -0.39 is 0 Å². The molecule has 2 saturated heterocycles. The predicted molar refractivity (Wildman–Crippen MR) is 82.6 cm³/mol. The molecule has 0 aliphatic carbocycles. The zero-order valence-corrected chi connectivity index (χ0v) is 13.3. The van der Waals surface area contributed by atoms with Crippen molar-refractivity contribution in [3.05, 3.63) is 0 Å². The predicted octanol–water partition coefficient (Wildman–Crippen LogP) is 1.61. The molecular formula is C16H31N3O. The highest BCUT2D eigenvalue weighted by Crippen LogP contribution is 2.31. The fourth-order valence-electron chi connectivity index (χ4n) is 3.74. The molecule has 4 nitrogen and oxygen atoms in total. The van der Waals surface area contributed by atoms with Crippen LogP contribution in [0.25, 0.3) is 0 Å². The highest BCUT2D eigenvalue weighted by Gasteiger charge is 2.42. The van der Waals surface area contributed by atoms with Gasteiger partial charge in [0.15, 0.2) is 0 Å². The molecule has 20 heavy (non-hydrogen) atoms. The molecule has 1 amide bonds. The third-order valence-electron chi connectivity index (χ3n) is 5.05. The van der Waals surface area contributed by atoms with Crippen molar-refractivity contribution in [1.29, 1.82) is 0 Å². The Kier molecular flexibility index (Phi) is 5.85. The summed E-state index contributed by atoms with van der Waals surface area (Å²) < 4.78 is 0. The van der Waals surface area contributed by atoms with Crippen LogP contribution >= 0.6 is 0 Å². The van der Waals surface area contributed by atoms with Crippen LogP contribution < -0.4 is 10.6 Å². The fourth-order valence-corrected chi connectivity index (χ4v) is 3.74. The lowest BCUT2D eigenvalue weighted by Crippen LogP contribution is -2.43. The van der Waals surface area contributed by atoms with E-state index in [0.29, 0.717) is 18.6 Å². The highest BCUT2D eigenvalue weighted by atomic mass is 16.2. The first kappa shape index (κ1) is 15.8. The van der Waals surface area contributed by atoms with E-state index in [-0.39, 0.29) is 5.91 Å². The Balaban J connectivity index is 1.69. The van der Waals surface area contributed by atoms with E-state index in [2.05, 4.69) is 36.3 Å². The van der Waals surface area contributed by atoms with Crippen LogP contribution in [0, 0.1) is 11.8 Å². The van der Waals surface area contributed by atoms with Crippen molar-refractivity contribution in [2.45, 2.75) is 58.5 Å². The van der Waals surface area contributed by atoms with Gasteiger partial charge in [0.05, 0.1) is 6.54 Å². The number of fused-ring (bicyclic) bond motifs is 1. The Morgan fingerprint density at radius 2 is 2.20 bits per heavy atom. The number of unbranched alkanes of at least 4 members (excludes halogenated alkanes) is 2. The molecule has 4 atom stereocenters. The van der Waals surface area contributed by atoms with Crippen LogP contribution in [-0.4, -0.2) is 49.1 Å². The van der Waals surface area contributed by atoms with Crippen LogP contribution in [0.2, 0.25) is 0 Å². The van der Waals surface area contributed by atoms with Crippen LogP contribution in [0.4, 0.5) is 0 Å². The maximum atomic E-state index is 12.1. The van der Waals surface area contributed by atoms with Crippen molar-refractivity contribution in [2.24, 2.45) is 11.8 Å². The van der Waals surface area contributed by atoms with Gasteiger partial charge in [0.1, 0.15) is 0 Å². The summed E-state index contributed by atoms with van der Waals surface area (Å²) in [5, 5.41) is 6.62.